The second-order valence-corrected chi connectivity index (χ2v) is 3.34. The molecule has 0 saturated heterocycles. The van der Waals surface area contributed by atoms with Gasteiger partial charge in [-0.3, -0.25) is 0 Å². The number of nitrogens with one attached hydrogen (secondary N) is 1. The van der Waals surface area contributed by atoms with Crippen molar-refractivity contribution in [1.82, 2.24) is 15.1 Å². The van der Waals surface area contributed by atoms with Crippen molar-refractivity contribution in [3.63, 3.8) is 0 Å². The highest BCUT2D eigenvalue weighted by molar-refractivity contribution is 6.28. The van der Waals surface area contributed by atoms with Crippen molar-refractivity contribution in [1.29, 1.82) is 0 Å². The molecule has 0 aliphatic heterocycles. The van der Waals surface area contributed by atoms with E-state index in [4.69, 9.17) is 16.1 Å². The molecule has 2 aromatic heterocycles. The van der Waals surface area contributed by atoms with Crippen LogP contribution in [0.4, 0.5) is 5.82 Å². The number of rotatable bonds is 3. The highest BCUT2D eigenvalue weighted by Crippen LogP contribution is 2.13. The Balaban J connectivity index is 2.07. The van der Waals surface area contributed by atoms with Crippen molar-refractivity contribution in [2.45, 2.75) is 13.5 Å². The van der Waals surface area contributed by atoms with E-state index in [1.165, 1.54) is 0 Å². The standard InChI is InChI=1S/C9H9ClN4O/c1-6-4-12-9(10)14-8(6)11-5-7-2-3-13-15-7/h2-4H,5H2,1H3,(H,11,12,14). The minimum absolute atomic E-state index is 0.223. The van der Waals surface area contributed by atoms with E-state index in [0.717, 1.165) is 11.3 Å². The molecule has 5 nitrogen and oxygen atoms in total. The maximum Gasteiger partial charge on any atom is 0.224 e. The highest BCUT2D eigenvalue weighted by atomic mass is 35.5. The molecular formula is C9H9ClN4O. The van der Waals surface area contributed by atoms with E-state index in [-0.39, 0.29) is 5.28 Å². The van der Waals surface area contributed by atoms with Gasteiger partial charge >= 0.3 is 0 Å². The average Bonchev–Trinajstić information content (AvgIpc) is 2.72. The molecular weight excluding hydrogens is 216 g/mol. The van der Waals surface area contributed by atoms with E-state index >= 15 is 0 Å². The van der Waals surface area contributed by atoms with Crippen LogP contribution in [0.5, 0.6) is 0 Å². The van der Waals surface area contributed by atoms with Gasteiger partial charge in [-0.05, 0) is 18.5 Å². The van der Waals surface area contributed by atoms with Gasteiger partial charge in [0.05, 0.1) is 12.7 Å². The first kappa shape index (κ1) is 9.92. The molecule has 2 aromatic rings. The molecule has 0 aliphatic rings. The van der Waals surface area contributed by atoms with E-state index in [2.05, 4.69) is 20.4 Å². The summed E-state index contributed by atoms with van der Waals surface area (Å²) in [4.78, 5) is 7.92. The smallest absolute Gasteiger partial charge is 0.224 e. The molecule has 2 rings (SSSR count). The number of anilines is 1. The summed E-state index contributed by atoms with van der Waals surface area (Å²) >= 11 is 5.68. The number of halogens is 1. The molecule has 6 heteroatoms. The maximum atomic E-state index is 5.68. The lowest BCUT2D eigenvalue weighted by molar-refractivity contribution is 0.388. The molecule has 0 saturated carbocycles. The van der Waals surface area contributed by atoms with Crippen LogP contribution in [-0.4, -0.2) is 15.1 Å². The molecule has 0 fully saturated rings. The minimum Gasteiger partial charge on any atom is -0.362 e. The van der Waals surface area contributed by atoms with Gasteiger partial charge in [0.1, 0.15) is 5.82 Å². The number of hydrogen-bond acceptors (Lipinski definition) is 5. The Morgan fingerprint density at radius 3 is 3.13 bits per heavy atom. The van der Waals surface area contributed by atoms with Crippen molar-refractivity contribution >= 4 is 17.4 Å². The van der Waals surface area contributed by atoms with E-state index < -0.39 is 0 Å². The fourth-order valence-corrected chi connectivity index (χ4v) is 1.24. The lowest BCUT2D eigenvalue weighted by Crippen LogP contribution is -2.03. The van der Waals surface area contributed by atoms with E-state index in [1.807, 2.05) is 6.92 Å². The summed E-state index contributed by atoms with van der Waals surface area (Å²) in [7, 11) is 0. The lowest BCUT2D eigenvalue weighted by Gasteiger charge is -2.05. The van der Waals surface area contributed by atoms with Gasteiger partial charge in [0.25, 0.3) is 0 Å². The number of aromatic nitrogens is 3. The Hall–Kier alpha value is -1.62. The van der Waals surface area contributed by atoms with Crippen molar-refractivity contribution in [2.24, 2.45) is 0 Å². The molecule has 15 heavy (non-hydrogen) atoms. The summed E-state index contributed by atoms with van der Waals surface area (Å²) in [5.74, 6) is 1.44. The second-order valence-electron chi connectivity index (χ2n) is 3.00. The second kappa shape index (κ2) is 4.27. The zero-order valence-electron chi connectivity index (χ0n) is 8.07. The zero-order chi connectivity index (χ0) is 10.7. The van der Waals surface area contributed by atoms with Crippen LogP contribution in [0.25, 0.3) is 0 Å². The molecule has 78 valence electrons. The fourth-order valence-electron chi connectivity index (χ4n) is 1.10. The van der Waals surface area contributed by atoms with Crippen LogP contribution in [-0.2, 0) is 6.54 Å². The van der Waals surface area contributed by atoms with Gasteiger partial charge < -0.3 is 9.84 Å². The third-order valence-electron chi connectivity index (χ3n) is 1.86. The van der Waals surface area contributed by atoms with Crippen LogP contribution in [0.15, 0.2) is 23.0 Å². The van der Waals surface area contributed by atoms with Crippen molar-refractivity contribution in [3.8, 4) is 0 Å². The molecule has 0 spiro atoms. The topological polar surface area (TPSA) is 63.8 Å². The third kappa shape index (κ3) is 2.44. The van der Waals surface area contributed by atoms with Crippen LogP contribution in [0.2, 0.25) is 5.28 Å². The summed E-state index contributed by atoms with van der Waals surface area (Å²) < 4.78 is 4.94. The first-order valence-electron chi connectivity index (χ1n) is 4.38. The van der Waals surface area contributed by atoms with E-state index in [0.29, 0.717) is 12.4 Å². The SMILES string of the molecule is Cc1cnc(Cl)nc1NCc1ccno1. The molecule has 0 bridgehead atoms. The number of aryl methyl sites for hydroxylation is 1. The fraction of sp³-hybridized carbons (Fsp3) is 0.222. The number of nitrogens with zero attached hydrogens (tertiary/aromatic N) is 3. The predicted octanol–water partition coefficient (Wildman–Crippen LogP) is 2.04. The Morgan fingerprint density at radius 1 is 1.53 bits per heavy atom. The van der Waals surface area contributed by atoms with Crippen molar-refractivity contribution in [2.75, 3.05) is 5.32 Å². The van der Waals surface area contributed by atoms with Crippen LogP contribution >= 0.6 is 11.6 Å². The van der Waals surface area contributed by atoms with Gasteiger partial charge in [0.2, 0.25) is 5.28 Å². The van der Waals surface area contributed by atoms with E-state index in [9.17, 15) is 0 Å². The van der Waals surface area contributed by atoms with Gasteiger partial charge in [0, 0.05) is 17.8 Å². The van der Waals surface area contributed by atoms with Gasteiger partial charge in [-0.15, -0.1) is 0 Å². The Labute approximate surface area is 91.5 Å². The van der Waals surface area contributed by atoms with Crippen molar-refractivity contribution < 1.29 is 4.52 Å². The van der Waals surface area contributed by atoms with Gasteiger partial charge in [-0.1, -0.05) is 5.16 Å². The third-order valence-corrected chi connectivity index (χ3v) is 2.05. The van der Waals surface area contributed by atoms with Crippen molar-refractivity contribution in [3.05, 3.63) is 35.1 Å². The maximum absolute atomic E-state index is 5.68. The first-order valence-corrected chi connectivity index (χ1v) is 4.76. The minimum atomic E-state index is 0.223. The van der Waals surface area contributed by atoms with Gasteiger partial charge in [-0.25, -0.2) is 9.97 Å². The monoisotopic (exact) mass is 224 g/mol. The average molecular weight is 225 g/mol. The first-order chi connectivity index (χ1) is 7.25. The quantitative estimate of drug-likeness (QED) is 0.809. The summed E-state index contributed by atoms with van der Waals surface area (Å²) in [5, 5.41) is 6.91. The Morgan fingerprint density at radius 2 is 2.40 bits per heavy atom. The lowest BCUT2D eigenvalue weighted by atomic mass is 10.3. The van der Waals surface area contributed by atoms with Crippen LogP contribution in [0.3, 0.4) is 0 Å². The van der Waals surface area contributed by atoms with Crippen LogP contribution in [0, 0.1) is 6.92 Å². The summed E-state index contributed by atoms with van der Waals surface area (Å²) in [6, 6.07) is 1.78. The van der Waals surface area contributed by atoms with Gasteiger partial charge in [0.15, 0.2) is 5.76 Å². The summed E-state index contributed by atoms with van der Waals surface area (Å²) in [5.41, 5.74) is 0.930. The molecule has 0 unspecified atom stereocenters. The van der Waals surface area contributed by atoms with Gasteiger partial charge in [-0.2, -0.15) is 0 Å². The molecule has 0 aromatic carbocycles. The summed E-state index contributed by atoms with van der Waals surface area (Å²) in [6.45, 7) is 2.42. The molecule has 0 atom stereocenters. The normalized spacial score (nSPS) is 10.3. The molecule has 0 radical (unpaired) electrons. The molecule has 0 amide bonds. The molecule has 2 heterocycles. The zero-order valence-corrected chi connectivity index (χ0v) is 8.82. The van der Waals surface area contributed by atoms with Crippen LogP contribution in [0.1, 0.15) is 11.3 Å². The molecule has 1 N–H and O–H groups in total. The highest BCUT2D eigenvalue weighted by Gasteiger charge is 2.03. The Kier molecular flexibility index (Phi) is 2.82. The number of hydrogen-bond donors (Lipinski definition) is 1. The van der Waals surface area contributed by atoms with Crippen LogP contribution < -0.4 is 5.32 Å². The Bertz CT molecular complexity index is 443. The largest absolute Gasteiger partial charge is 0.362 e. The molecule has 0 aliphatic carbocycles. The van der Waals surface area contributed by atoms with E-state index in [1.54, 1.807) is 18.5 Å². The predicted molar refractivity (Wildman–Crippen MR) is 55.6 cm³/mol. The summed E-state index contributed by atoms with van der Waals surface area (Å²) in [6.07, 6.45) is 3.26.